The molecule has 1 aliphatic carbocycles. The molecule has 18 heavy (non-hydrogen) atoms. The van der Waals surface area contributed by atoms with Gasteiger partial charge in [0, 0.05) is 5.54 Å². The van der Waals surface area contributed by atoms with E-state index in [4.69, 9.17) is 0 Å². The van der Waals surface area contributed by atoms with Crippen LogP contribution in [0.2, 0.25) is 0 Å². The van der Waals surface area contributed by atoms with Crippen LogP contribution >= 0.6 is 0 Å². The normalized spacial score (nSPS) is 18.3. The van der Waals surface area contributed by atoms with Crippen LogP contribution in [0.5, 0.6) is 0 Å². The highest BCUT2D eigenvalue weighted by molar-refractivity contribution is 4.91. The quantitative estimate of drug-likeness (QED) is 0.547. The first kappa shape index (κ1) is 16.0. The van der Waals surface area contributed by atoms with Crippen molar-refractivity contribution >= 4 is 0 Å². The molecule has 0 heterocycles. The van der Waals surface area contributed by atoms with Crippen LogP contribution in [-0.2, 0) is 0 Å². The number of rotatable bonds is 11. The van der Waals surface area contributed by atoms with Gasteiger partial charge in [0.25, 0.3) is 0 Å². The summed E-state index contributed by atoms with van der Waals surface area (Å²) in [5.74, 6) is 0. The highest BCUT2D eigenvalue weighted by Gasteiger charge is 2.31. The molecule has 1 saturated carbocycles. The first-order valence-corrected chi connectivity index (χ1v) is 8.19. The van der Waals surface area contributed by atoms with Crippen molar-refractivity contribution in [3.8, 4) is 0 Å². The number of aliphatic hydroxyl groups excluding tert-OH is 1. The minimum Gasteiger partial charge on any atom is -0.394 e. The Kier molecular flexibility index (Phi) is 8.70. The Morgan fingerprint density at radius 2 is 1.44 bits per heavy atom. The maximum absolute atomic E-state index is 9.48. The summed E-state index contributed by atoms with van der Waals surface area (Å²) < 4.78 is 0. The van der Waals surface area contributed by atoms with Gasteiger partial charge in [-0.25, -0.2) is 0 Å². The van der Waals surface area contributed by atoms with Gasteiger partial charge in [-0.3, -0.25) is 0 Å². The number of hydrogen-bond donors (Lipinski definition) is 2. The van der Waals surface area contributed by atoms with Crippen molar-refractivity contribution in [3.05, 3.63) is 0 Å². The van der Waals surface area contributed by atoms with Crippen molar-refractivity contribution < 1.29 is 5.11 Å². The van der Waals surface area contributed by atoms with Crippen LogP contribution in [0, 0.1) is 0 Å². The summed E-state index contributed by atoms with van der Waals surface area (Å²) in [6, 6.07) is 0. The first-order chi connectivity index (χ1) is 8.83. The molecule has 1 rings (SSSR count). The van der Waals surface area contributed by atoms with Crippen LogP contribution in [-0.4, -0.2) is 23.8 Å². The molecule has 0 aliphatic heterocycles. The monoisotopic (exact) mass is 255 g/mol. The van der Waals surface area contributed by atoms with Gasteiger partial charge < -0.3 is 10.4 Å². The molecule has 108 valence electrons. The van der Waals surface area contributed by atoms with E-state index in [1.807, 2.05) is 0 Å². The molecule has 0 saturated heterocycles. The highest BCUT2D eigenvalue weighted by atomic mass is 16.3. The Morgan fingerprint density at radius 1 is 0.889 bits per heavy atom. The molecular weight excluding hydrogens is 222 g/mol. The number of unbranched alkanes of at least 4 members (excludes halogenated alkanes) is 7. The van der Waals surface area contributed by atoms with Gasteiger partial charge in [-0.05, 0) is 25.8 Å². The molecule has 1 aliphatic rings. The molecule has 2 heteroatoms. The first-order valence-electron chi connectivity index (χ1n) is 8.19. The molecule has 1 fully saturated rings. The highest BCUT2D eigenvalue weighted by Crippen LogP contribution is 2.28. The molecule has 0 unspecified atom stereocenters. The van der Waals surface area contributed by atoms with Gasteiger partial charge in [0.05, 0.1) is 6.61 Å². The van der Waals surface area contributed by atoms with E-state index in [9.17, 15) is 5.11 Å². The molecule has 0 bridgehead atoms. The third-order valence-electron chi connectivity index (χ3n) is 4.39. The van der Waals surface area contributed by atoms with E-state index in [2.05, 4.69) is 12.2 Å². The Balaban J connectivity index is 1.89. The smallest absolute Gasteiger partial charge is 0.0613 e. The summed E-state index contributed by atoms with van der Waals surface area (Å²) in [5, 5.41) is 13.1. The van der Waals surface area contributed by atoms with Crippen LogP contribution in [0.1, 0.15) is 84.0 Å². The predicted molar refractivity (Wildman–Crippen MR) is 78.9 cm³/mol. The zero-order valence-corrected chi connectivity index (χ0v) is 12.3. The number of nitrogens with one attached hydrogen (secondary N) is 1. The molecule has 2 N–H and O–H groups in total. The van der Waals surface area contributed by atoms with E-state index in [-0.39, 0.29) is 5.54 Å². The average Bonchev–Trinajstić information content (AvgIpc) is 2.86. The molecule has 0 aromatic carbocycles. The van der Waals surface area contributed by atoms with Gasteiger partial charge in [0.1, 0.15) is 0 Å². The molecule has 0 radical (unpaired) electrons. The third kappa shape index (κ3) is 6.19. The number of aliphatic hydroxyl groups is 1. The van der Waals surface area contributed by atoms with Crippen LogP contribution in [0.25, 0.3) is 0 Å². The van der Waals surface area contributed by atoms with Crippen molar-refractivity contribution in [1.29, 1.82) is 0 Å². The average molecular weight is 255 g/mol. The van der Waals surface area contributed by atoms with Crippen LogP contribution in [0.3, 0.4) is 0 Å². The maximum Gasteiger partial charge on any atom is 0.0613 e. The fourth-order valence-electron chi connectivity index (χ4n) is 3.06. The van der Waals surface area contributed by atoms with E-state index >= 15 is 0 Å². The standard InChI is InChI=1S/C16H33NO/c1-2-3-4-5-6-7-8-11-14-17-16(15-18)12-9-10-13-16/h17-18H,2-15H2,1H3. The lowest BCUT2D eigenvalue weighted by Crippen LogP contribution is -2.46. The van der Waals surface area contributed by atoms with Gasteiger partial charge in [-0.15, -0.1) is 0 Å². The van der Waals surface area contributed by atoms with Crippen molar-refractivity contribution in [2.24, 2.45) is 0 Å². The lowest BCUT2D eigenvalue weighted by Gasteiger charge is -2.28. The minimum absolute atomic E-state index is 0.0845. The Hall–Kier alpha value is -0.0800. The minimum atomic E-state index is 0.0845. The molecular formula is C16H33NO. The largest absolute Gasteiger partial charge is 0.394 e. The van der Waals surface area contributed by atoms with E-state index in [1.54, 1.807) is 0 Å². The summed E-state index contributed by atoms with van der Waals surface area (Å²) in [5.41, 5.74) is 0.0845. The fraction of sp³-hybridized carbons (Fsp3) is 1.00. The second-order valence-corrected chi connectivity index (χ2v) is 6.05. The Labute approximate surface area is 114 Å². The summed E-state index contributed by atoms with van der Waals surface area (Å²) in [6.07, 6.45) is 15.9. The van der Waals surface area contributed by atoms with E-state index < -0.39 is 0 Å². The van der Waals surface area contributed by atoms with Crippen molar-refractivity contribution in [2.75, 3.05) is 13.2 Å². The van der Waals surface area contributed by atoms with Gasteiger partial charge in [0.2, 0.25) is 0 Å². The molecule has 0 aromatic rings. The molecule has 0 amide bonds. The van der Waals surface area contributed by atoms with Gasteiger partial charge >= 0.3 is 0 Å². The molecule has 0 aromatic heterocycles. The molecule has 0 spiro atoms. The molecule has 2 nitrogen and oxygen atoms in total. The zero-order valence-electron chi connectivity index (χ0n) is 12.3. The van der Waals surface area contributed by atoms with Crippen molar-refractivity contribution in [1.82, 2.24) is 5.32 Å². The van der Waals surface area contributed by atoms with E-state index in [1.165, 1.54) is 77.0 Å². The van der Waals surface area contributed by atoms with Crippen LogP contribution in [0.4, 0.5) is 0 Å². The zero-order chi connectivity index (χ0) is 13.1. The van der Waals surface area contributed by atoms with Crippen molar-refractivity contribution in [2.45, 2.75) is 89.5 Å². The summed E-state index contributed by atoms with van der Waals surface area (Å²) >= 11 is 0. The second kappa shape index (κ2) is 9.80. The second-order valence-electron chi connectivity index (χ2n) is 6.05. The van der Waals surface area contributed by atoms with Gasteiger partial charge in [-0.1, -0.05) is 64.7 Å². The third-order valence-corrected chi connectivity index (χ3v) is 4.39. The Bertz CT molecular complexity index is 188. The van der Waals surface area contributed by atoms with Gasteiger partial charge in [0.15, 0.2) is 0 Å². The SMILES string of the molecule is CCCCCCCCCCNC1(CO)CCCC1. The molecule has 0 atom stereocenters. The summed E-state index contributed by atoms with van der Waals surface area (Å²) in [4.78, 5) is 0. The topological polar surface area (TPSA) is 32.3 Å². The maximum atomic E-state index is 9.48. The van der Waals surface area contributed by atoms with E-state index in [0.29, 0.717) is 6.61 Å². The fourth-order valence-corrected chi connectivity index (χ4v) is 3.06. The Morgan fingerprint density at radius 3 is 2.00 bits per heavy atom. The van der Waals surface area contributed by atoms with Crippen LogP contribution in [0.15, 0.2) is 0 Å². The lowest BCUT2D eigenvalue weighted by atomic mass is 9.98. The predicted octanol–water partition coefficient (Wildman–Crippen LogP) is 4.02. The summed E-state index contributed by atoms with van der Waals surface area (Å²) in [6.45, 7) is 3.69. The number of hydrogen-bond acceptors (Lipinski definition) is 2. The summed E-state index contributed by atoms with van der Waals surface area (Å²) in [7, 11) is 0. The van der Waals surface area contributed by atoms with Crippen molar-refractivity contribution in [3.63, 3.8) is 0 Å². The van der Waals surface area contributed by atoms with Crippen LogP contribution < -0.4 is 5.32 Å². The van der Waals surface area contributed by atoms with Gasteiger partial charge in [-0.2, -0.15) is 0 Å². The van der Waals surface area contributed by atoms with E-state index in [0.717, 1.165) is 6.54 Å². The lowest BCUT2D eigenvalue weighted by molar-refractivity contribution is 0.164.